The second-order valence-corrected chi connectivity index (χ2v) is 8.03. The number of phenolic OH excluding ortho intramolecular Hbond substituents is 2. The van der Waals surface area contributed by atoms with Gasteiger partial charge >= 0.3 is 0 Å². The topological polar surface area (TPSA) is 40.5 Å². The van der Waals surface area contributed by atoms with Gasteiger partial charge in [0.2, 0.25) is 0 Å². The lowest BCUT2D eigenvalue weighted by Crippen LogP contribution is -2.48. The van der Waals surface area contributed by atoms with Crippen LogP contribution in [0.2, 0.25) is 0 Å². The van der Waals surface area contributed by atoms with Crippen molar-refractivity contribution in [2.24, 2.45) is 17.8 Å². The van der Waals surface area contributed by atoms with Crippen LogP contribution < -0.4 is 0 Å². The summed E-state index contributed by atoms with van der Waals surface area (Å²) in [5.41, 5.74) is 1.34. The summed E-state index contributed by atoms with van der Waals surface area (Å²) in [6.45, 7) is 0. The van der Waals surface area contributed by atoms with E-state index in [0.29, 0.717) is 5.75 Å². The zero-order valence-corrected chi connectivity index (χ0v) is 12.8. The van der Waals surface area contributed by atoms with E-state index in [4.69, 9.17) is 0 Å². The molecule has 114 valence electrons. The third-order valence-electron chi connectivity index (χ3n) is 6.62. The zero-order chi connectivity index (χ0) is 14.9. The minimum atomic E-state index is 0.193. The highest BCUT2D eigenvalue weighted by atomic mass is 16.3. The molecule has 2 heteroatoms. The van der Waals surface area contributed by atoms with E-state index in [1.165, 1.54) is 38.5 Å². The average molecular weight is 294 g/mol. The first kappa shape index (κ1) is 12.8. The van der Waals surface area contributed by atoms with Crippen molar-refractivity contribution in [3.8, 4) is 11.5 Å². The van der Waals surface area contributed by atoms with Gasteiger partial charge in [0.15, 0.2) is 0 Å². The molecule has 0 radical (unpaired) electrons. The molecule has 0 aromatic heterocycles. The number of benzene rings is 2. The standard InChI is InChI=1S/C20H22O2/c21-18-3-1-2-16-15(18)4-5-17(19(16)22)20-9-12-6-13(10-20)8-14(7-12)11-20/h1-5,12-14,21-22H,6-11H2. The van der Waals surface area contributed by atoms with E-state index in [0.717, 1.165) is 34.1 Å². The van der Waals surface area contributed by atoms with Gasteiger partial charge in [0.25, 0.3) is 0 Å². The first-order chi connectivity index (χ1) is 10.6. The van der Waals surface area contributed by atoms with Crippen molar-refractivity contribution in [1.29, 1.82) is 0 Å². The molecule has 4 saturated carbocycles. The zero-order valence-electron chi connectivity index (χ0n) is 12.8. The van der Waals surface area contributed by atoms with Crippen molar-refractivity contribution in [3.05, 3.63) is 35.9 Å². The first-order valence-electron chi connectivity index (χ1n) is 8.59. The minimum Gasteiger partial charge on any atom is -0.507 e. The normalized spacial score (nSPS) is 36.1. The Balaban J connectivity index is 1.69. The molecule has 6 rings (SSSR count). The van der Waals surface area contributed by atoms with Gasteiger partial charge in [0.05, 0.1) is 0 Å². The fourth-order valence-corrected chi connectivity index (χ4v) is 6.19. The monoisotopic (exact) mass is 294 g/mol. The quantitative estimate of drug-likeness (QED) is 0.799. The summed E-state index contributed by atoms with van der Waals surface area (Å²) in [6, 6.07) is 9.52. The van der Waals surface area contributed by atoms with E-state index in [1.54, 1.807) is 6.07 Å². The van der Waals surface area contributed by atoms with Gasteiger partial charge in [-0.3, -0.25) is 0 Å². The molecule has 4 aliphatic carbocycles. The van der Waals surface area contributed by atoms with Crippen LogP contribution in [0.25, 0.3) is 10.8 Å². The summed E-state index contributed by atoms with van der Waals surface area (Å²) in [6.07, 6.45) is 7.97. The van der Waals surface area contributed by atoms with Gasteiger partial charge in [0, 0.05) is 16.3 Å². The van der Waals surface area contributed by atoms with Crippen LogP contribution in [0.15, 0.2) is 30.3 Å². The molecule has 2 aromatic rings. The molecule has 4 aliphatic rings. The third-order valence-corrected chi connectivity index (χ3v) is 6.62. The SMILES string of the molecule is Oc1cccc2c(O)c(C34CC5CC(CC(C5)C3)C4)ccc12. The smallest absolute Gasteiger partial charge is 0.127 e. The molecule has 2 N–H and O–H groups in total. The summed E-state index contributed by atoms with van der Waals surface area (Å²) in [5.74, 6) is 3.27. The molecule has 0 unspecified atom stereocenters. The molecule has 0 atom stereocenters. The van der Waals surface area contributed by atoms with Crippen molar-refractivity contribution >= 4 is 10.8 Å². The predicted molar refractivity (Wildman–Crippen MR) is 87.1 cm³/mol. The van der Waals surface area contributed by atoms with Crippen LogP contribution in [-0.2, 0) is 5.41 Å². The summed E-state index contributed by atoms with van der Waals surface area (Å²) < 4.78 is 0. The molecule has 0 saturated heterocycles. The van der Waals surface area contributed by atoms with E-state index in [-0.39, 0.29) is 11.2 Å². The van der Waals surface area contributed by atoms with Crippen LogP contribution in [-0.4, -0.2) is 10.2 Å². The summed E-state index contributed by atoms with van der Waals surface area (Å²) in [5, 5.41) is 22.5. The van der Waals surface area contributed by atoms with Crippen LogP contribution >= 0.6 is 0 Å². The molecule has 2 aromatic carbocycles. The van der Waals surface area contributed by atoms with Crippen LogP contribution in [0.5, 0.6) is 11.5 Å². The molecule has 0 amide bonds. The molecule has 4 bridgehead atoms. The second kappa shape index (κ2) is 4.18. The summed E-state index contributed by atoms with van der Waals surface area (Å²) in [7, 11) is 0. The number of aromatic hydroxyl groups is 2. The number of hydrogen-bond acceptors (Lipinski definition) is 2. The molecular weight excluding hydrogens is 272 g/mol. The van der Waals surface area contributed by atoms with E-state index in [2.05, 4.69) is 6.07 Å². The van der Waals surface area contributed by atoms with Crippen molar-refractivity contribution < 1.29 is 10.2 Å². The molecular formula is C20H22O2. The lowest BCUT2D eigenvalue weighted by molar-refractivity contribution is -0.00603. The van der Waals surface area contributed by atoms with Gasteiger partial charge in [-0.25, -0.2) is 0 Å². The van der Waals surface area contributed by atoms with Gasteiger partial charge < -0.3 is 10.2 Å². The first-order valence-corrected chi connectivity index (χ1v) is 8.59. The Morgan fingerprint density at radius 1 is 0.773 bits per heavy atom. The lowest BCUT2D eigenvalue weighted by atomic mass is 9.48. The highest BCUT2D eigenvalue weighted by Crippen LogP contribution is 2.62. The molecule has 0 aliphatic heterocycles. The van der Waals surface area contributed by atoms with Gasteiger partial charge in [-0.1, -0.05) is 24.3 Å². The van der Waals surface area contributed by atoms with E-state index in [1.807, 2.05) is 18.2 Å². The molecule has 0 spiro atoms. The third kappa shape index (κ3) is 1.61. The molecule has 4 fully saturated rings. The Labute approximate surface area is 130 Å². The van der Waals surface area contributed by atoms with Crippen LogP contribution in [0.3, 0.4) is 0 Å². The highest BCUT2D eigenvalue weighted by molar-refractivity contribution is 5.94. The lowest BCUT2D eigenvalue weighted by Gasteiger charge is -2.57. The van der Waals surface area contributed by atoms with Crippen LogP contribution in [0.4, 0.5) is 0 Å². The van der Waals surface area contributed by atoms with Gasteiger partial charge in [-0.15, -0.1) is 0 Å². The predicted octanol–water partition coefficient (Wildman–Crippen LogP) is 4.72. The number of fused-ring (bicyclic) bond motifs is 1. The Morgan fingerprint density at radius 2 is 1.41 bits per heavy atom. The van der Waals surface area contributed by atoms with E-state index >= 15 is 0 Å². The highest BCUT2D eigenvalue weighted by Gasteiger charge is 2.52. The van der Waals surface area contributed by atoms with Gasteiger partial charge in [0.1, 0.15) is 11.5 Å². The number of hydrogen-bond donors (Lipinski definition) is 2. The Hall–Kier alpha value is -1.70. The minimum absolute atomic E-state index is 0.193. The van der Waals surface area contributed by atoms with E-state index < -0.39 is 0 Å². The van der Waals surface area contributed by atoms with Crippen LogP contribution in [0.1, 0.15) is 44.1 Å². The van der Waals surface area contributed by atoms with Crippen molar-refractivity contribution in [3.63, 3.8) is 0 Å². The van der Waals surface area contributed by atoms with Crippen molar-refractivity contribution in [2.75, 3.05) is 0 Å². The fraction of sp³-hybridized carbons (Fsp3) is 0.500. The Morgan fingerprint density at radius 3 is 2.05 bits per heavy atom. The molecule has 2 nitrogen and oxygen atoms in total. The van der Waals surface area contributed by atoms with Gasteiger partial charge in [-0.2, -0.15) is 0 Å². The van der Waals surface area contributed by atoms with E-state index in [9.17, 15) is 10.2 Å². The fourth-order valence-electron chi connectivity index (χ4n) is 6.19. The summed E-state index contributed by atoms with van der Waals surface area (Å²) >= 11 is 0. The Kier molecular flexibility index (Phi) is 2.44. The second-order valence-electron chi connectivity index (χ2n) is 8.03. The summed E-state index contributed by atoms with van der Waals surface area (Å²) in [4.78, 5) is 0. The molecule has 22 heavy (non-hydrogen) atoms. The number of phenols is 2. The maximum Gasteiger partial charge on any atom is 0.127 e. The maximum atomic E-state index is 10.9. The van der Waals surface area contributed by atoms with Crippen molar-refractivity contribution in [1.82, 2.24) is 0 Å². The largest absolute Gasteiger partial charge is 0.507 e. The molecule has 0 heterocycles. The Bertz CT molecular complexity index is 726. The number of rotatable bonds is 1. The average Bonchev–Trinajstić information content (AvgIpc) is 2.47. The maximum absolute atomic E-state index is 10.9. The van der Waals surface area contributed by atoms with Crippen molar-refractivity contribution in [2.45, 2.75) is 43.9 Å². The van der Waals surface area contributed by atoms with Gasteiger partial charge in [-0.05, 0) is 67.8 Å². The van der Waals surface area contributed by atoms with Crippen LogP contribution in [0, 0.1) is 17.8 Å².